The molecule has 0 aliphatic carbocycles. The number of nitro benzene ring substituents is 1. The monoisotopic (exact) mass is 366 g/mol. The maximum Gasteiger partial charge on any atom is 0.416 e. The number of non-ortho nitro benzene ring substituents is 1. The summed E-state index contributed by atoms with van der Waals surface area (Å²) in [5, 5.41) is 13.9. The topological polar surface area (TPSA) is 72.2 Å². The van der Waals surface area contributed by atoms with Crippen molar-refractivity contribution >= 4 is 11.6 Å². The summed E-state index contributed by atoms with van der Waals surface area (Å²) in [6.07, 6.45) is -4.47. The lowest BCUT2D eigenvalue weighted by atomic mass is 9.99. The van der Waals surface area contributed by atoms with E-state index in [1.165, 1.54) is 24.3 Å². The number of amides is 1. The van der Waals surface area contributed by atoms with Crippen LogP contribution < -0.4 is 5.32 Å². The minimum atomic E-state index is -4.47. The van der Waals surface area contributed by atoms with Crippen molar-refractivity contribution in [2.45, 2.75) is 32.5 Å². The Kier molecular flexibility index (Phi) is 5.06. The molecule has 0 saturated heterocycles. The van der Waals surface area contributed by atoms with Crippen LogP contribution in [0.2, 0.25) is 0 Å². The lowest BCUT2D eigenvalue weighted by Gasteiger charge is -2.20. The molecule has 5 nitrogen and oxygen atoms in total. The van der Waals surface area contributed by atoms with Gasteiger partial charge >= 0.3 is 6.18 Å². The van der Waals surface area contributed by atoms with Crippen molar-refractivity contribution in [1.29, 1.82) is 0 Å². The molecule has 1 amide bonds. The fourth-order valence-corrected chi connectivity index (χ4v) is 2.28. The van der Waals surface area contributed by atoms with Crippen molar-refractivity contribution in [1.82, 2.24) is 5.32 Å². The Morgan fingerprint density at radius 2 is 1.58 bits per heavy atom. The number of carbonyl (C=O) groups excluding carboxylic acids is 1. The van der Waals surface area contributed by atoms with E-state index in [9.17, 15) is 28.1 Å². The summed E-state index contributed by atoms with van der Waals surface area (Å²) in [7, 11) is 0. The molecule has 0 aromatic heterocycles. The predicted octanol–water partition coefficient (Wildman–Crippen LogP) is 4.81. The molecule has 0 atom stereocenters. The van der Waals surface area contributed by atoms with Crippen LogP contribution in [-0.4, -0.2) is 16.4 Å². The minimum absolute atomic E-state index is 0.0593. The second-order valence-electron chi connectivity index (χ2n) is 6.80. The van der Waals surface area contributed by atoms with E-state index in [1.54, 1.807) is 20.8 Å². The van der Waals surface area contributed by atoms with E-state index in [0.29, 0.717) is 5.56 Å². The SMILES string of the molecule is CC(C)(C)NC(=O)c1cc(-c2ccc(C(F)(F)F)cc2)cc([N+](=O)[O-])c1. The summed E-state index contributed by atoms with van der Waals surface area (Å²) in [5.41, 5.74) is -1.00. The molecule has 0 radical (unpaired) electrons. The molecule has 2 aromatic rings. The zero-order valence-electron chi connectivity index (χ0n) is 14.3. The van der Waals surface area contributed by atoms with Gasteiger partial charge in [-0.25, -0.2) is 0 Å². The van der Waals surface area contributed by atoms with Gasteiger partial charge < -0.3 is 5.32 Å². The maximum atomic E-state index is 12.7. The normalized spacial score (nSPS) is 11.9. The van der Waals surface area contributed by atoms with Gasteiger partial charge in [0.1, 0.15) is 0 Å². The molecule has 26 heavy (non-hydrogen) atoms. The average molecular weight is 366 g/mol. The van der Waals surface area contributed by atoms with Crippen LogP contribution >= 0.6 is 0 Å². The van der Waals surface area contributed by atoms with Gasteiger partial charge in [-0.2, -0.15) is 13.2 Å². The highest BCUT2D eigenvalue weighted by Crippen LogP contribution is 2.32. The Balaban J connectivity index is 2.48. The zero-order chi connectivity index (χ0) is 19.7. The summed E-state index contributed by atoms with van der Waals surface area (Å²) in [6, 6.07) is 7.98. The second-order valence-corrected chi connectivity index (χ2v) is 6.80. The number of alkyl halides is 3. The van der Waals surface area contributed by atoms with E-state index in [0.717, 1.165) is 18.2 Å². The highest BCUT2D eigenvalue weighted by molar-refractivity contribution is 5.96. The van der Waals surface area contributed by atoms with E-state index in [1.807, 2.05) is 0 Å². The van der Waals surface area contributed by atoms with Crippen molar-refractivity contribution in [3.63, 3.8) is 0 Å². The first-order valence-corrected chi connectivity index (χ1v) is 7.66. The van der Waals surface area contributed by atoms with Crippen LogP contribution in [0.5, 0.6) is 0 Å². The summed E-state index contributed by atoms with van der Waals surface area (Å²) < 4.78 is 38.0. The molecule has 138 valence electrons. The number of benzene rings is 2. The summed E-state index contributed by atoms with van der Waals surface area (Å²) >= 11 is 0. The van der Waals surface area contributed by atoms with Crippen LogP contribution in [0.25, 0.3) is 11.1 Å². The van der Waals surface area contributed by atoms with Gasteiger partial charge in [-0.05, 0) is 50.1 Å². The molecule has 0 saturated carbocycles. The van der Waals surface area contributed by atoms with Gasteiger partial charge in [0.15, 0.2) is 0 Å². The van der Waals surface area contributed by atoms with Crippen LogP contribution in [0.1, 0.15) is 36.7 Å². The van der Waals surface area contributed by atoms with Gasteiger partial charge in [0.2, 0.25) is 0 Å². The van der Waals surface area contributed by atoms with Crippen LogP contribution in [0, 0.1) is 10.1 Å². The number of nitrogens with one attached hydrogen (secondary N) is 1. The summed E-state index contributed by atoms with van der Waals surface area (Å²) in [4.78, 5) is 22.8. The third-order valence-electron chi connectivity index (χ3n) is 3.42. The molecular weight excluding hydrogens is 349 g/mol. The van der Waals surface area contributed by atoms with E-state index < -0.39 is 28.1 Å². The number of rotatable bonds is 3. The summed E-state index contributed by atoms with van der Waals surface area (Å²) in [5.74, 6) is -0.505. The molecule has 0 fully saturated rings. The molecule has 2 rings (SSSR count). The number of carbonyl (C=O) groups is 1. The number of hydrogen-bond donors (Lipinski definition) is 1. The molecule has 8 heteroatoms. The van der Waals surface area contributed by atoms with Crippen LogP contribution in [0.4, 0.5) is 18.9 Å². The van der Waals surface area contributed by atoms with E-state index in [4.69, 9.17) is 0 Å². The standard InChI is InChI=1S/C18H17F3N2O3/c1-17(2,3)22-16(24)13-8-12(9-15(10-13)23(25)26)11-4-6-14(7-5-11)18(19,20)21/h4-10H,1-3H3,(H,22,24). The lowest BCUT2D eigenvalue weighted by molar-refractivity contribution is -0.384. The van der Waals surface area contributed by atoms with Gasteiger partial charge in [0.25, 0.3) is 11.6 Å². The first-order chi connectivity index (χ1) is 11.9. The van der Waals surface area contributed by atoms with Crippen molar-refractivity contribution in [3.8, 4) is 11.1 Å². The molecule has 0 aliphatic rings. The highest BCUT2D eigenvalue weighted by Gasteiger charge is 2.30. The third-order valence-corrected chi connectivity index (χ3v) is 3.42. The van der Waals surface area contributed by atoms with E-state index in [-0.39, 0.29) is 16.8 Å². The zero-order valence-corrected chi connectivity index (χ0v) is 14.3. The van der Waals surface area contributed by atoms with Gasteiger partial charge in [0, 0.05) is 23.2 Å². The maximum absolute atomic E-state index is 12.7. The molecule has 0 unspecified atom stereocenters. The fourth-order valence-electron chi connectivity index (χ4n) is 2.28. The van der Waals surface area contributed by atoms with Crippen molar-refractivity contribution in [2.24, 2.45) is 0 Å². The Morgan fingerprint density at radius 3 is 2.04 bits per heavy atom. The van der Waals surface area contributed by atoms with Crippen LogP contribution in [0.15, 0.2) is 42.5 Å². The predicted molar refractivity (Wildman–Crippen MR) is 90.8 cm³/mol. The Hall–Kier alpha value is -2.90. The van der Waals surface area contributed by atoms with Gasteiger partial charge in [-0.15, -0.1) is 0 Å². The summed E-state index contributed by atoms with van der Waals surface area (Å²) in [6.45, 7) is 5.29. The van der Waals surface area contributed by atoms with E-state index in [2.05, 4.69) is 5.32 Å². The number of nitro groups is 1. The molecule has 2 aromatic carbocycles. The van der Waals surface area contributed by atoms with Crippen molar-refractivity contribution in [3.05, 3.63) is 63.7 Å². The number of hydrogen-bond acceptors (Lipinski definition) is 3. The lowest BCUT2D eigenvalue weighted by Crippen LogP contribution is -2.40. The van der Waals surface area contributed by atoms with Crippen LogP contribution in [0.3, 0.4) is 0 Å². The molecule has 1 N–H and O–H groups in total. The molecular formula is C18H17F3N2O3. The highest BCUT2D eigenvalue weighted by atomic mass is 19.4. The molecule has 0 bridgehead atoms. The fraction of sp³-hybridized carbons (Fsp3) is 0.278. The van der Waals surface area contributed by atoms with Gasteiger partial charge in [-0.1, -0.05) is 12.1 Å². The van der Waals surface area contributed by atoms with Gasteiger partial charge in [-0.3, -0.25) is 14.9 Å². The Morgan fingerprint density at radius 1 is 1.00 bits per heavy atom. The van der Waals surface area contributed by atoms with Gasteiger partial charge in [0.05, 0.1) is 10.5 Å². The Bertz CT molecular complexity index is 838. The first-order valence-electron chi connectivity index (χ1n) is 7.66. The molecule has 0 spiro atoms. The Labute approximate surface area is 148 Å². The quantitative estimate of drug-likeness (QED) is 0.626. The first kappa shape index (κ1) is 19.4. The van der Waals surface area contributed by atoms with Crippen LogP contribution in [-0.2, 0) is 6.18 Å². The smallest absolute Gasteiger partial charge is 0.347 e. The average Bonchev–Trinajstić information content (AvgIpc) is 2.52. The third kappa shape index (κ3) is 4.81. The molecule has 0 heterocycles. The largest absolute Gasteiger partial charge is 0.416 e. The minimum Gasteiger partial charge on any atom is -0.347 e. The number of halogens is 3. The van der Waals surface area contributed by atoms with Crippen molar-refractivity contribution < 1.29 is 22.9 Å². The number of nitrogens with zero attached hydrogens (tertiary/aromatic N) is 1. The van der Waals surface area contributed by atoms with E-state index >= 15 is 0 Å². The molecule has 0 aliphatic heterocycles. The second kappa shape index (κ2) is 6.78. The van der Waals surface area contributed by atoms with Crippen molar-refractivity contribution in [2.75, 3.05) is 0 Å².